The fourth-order valence-electron chi connectivity index (χ4n) is 2.18. The van der Waals surface area contributed by atoms with Crippen LogP contribution in [0.15, 0.2) is 18.2 Å². The molecule has 1 fully saturated rings. The molecule has 1 aromatic rings. The summed E-state index contributed by atoms with van der Waals surface area (Å²) in [6.07, 6.45) is 0. The van der Waals surface area contributed by atoms with Crippen LogP contribution >= 0.6 is 11.6 Å². The molecule has 1 aliphatic heterocycles. The fraction of sp³-hybridized carbons (Fsp3) is 0.462. The third kappa shape index (κ3) is 3.15. The summed E-state index contributed by atoms with van der Waals surface area (Å²) in [6, 6.07) is 5.55. The van der Waals surface area contributed by atoms with Crippen LogP contribution in [-0.4, -0.2) is 41.9 Å². The van der Waals surface area contributed by atoms with E-state index in [2.05, 4.69) is 4.90 Å². The lowest BCUT2D eigenvalue weighted by molar-refractivity contribution is -0.130. The quantitative estimate of drug-likeness (QED) is 0.828. The lowest BCUT2D eigenvalue weighted by Crippen LogP contribution is -2.47. The van der Waals surface area contributed by atoms with Crippen molar-refractivity contribution < 1.29 is 4.79 Å². The van der Waals surface area contributed by atoms with E-state index in [0.29, 0.717) is 0 Å². The molecule has 2 rings (SSSR count). The summed E-state index contributed by atoms with van der Waals surface area (Å²) >= 11 is 6.15. The predicted molar refractivity (Wildman–Crippen MR) is 73.4 cm³/mol. The summed E-state index contributed by atoms with van der Waals surface area (Å²) in [5.41, 5.74) is 7.55. The standard InChI is InChI=1S/C13H18ClN3O/c1-10(18)17-6-4-16(5-7-17)9-11-8-12(15)2-3-13(11)14/h2-3,8H,4-7,9,15H2,1H3. The molecule has 1 aromatic carbocycles. The molecule has 0 radical (unpaired) electrons. The Kier molecular flexibility index (Phi) is 4.09. The van der Waals surface area contributed by atoms with Gasteiger partial charge in [0.2, 0.25) is 5.91 Å². The Bertz CT molecular complexity index is 442. The summed E-state index contributed by atoms with van der Waals surface area (Å²) in [7, 11) is 0. The lowest BCUT2D eigenvalue weighted by atomic mass is 10.1. The van der Waals surface area contributed by atoms with E-state index >= 15 is 0 Å². The molecule has 1 aliphatic rings. The van der Waals surface area contributed by atoms with Crippen molar-refractivity contribution in [2.45, 2.75) is 13.5 Å². The van der Waals surface area contributed by atoms with Crippen LogP contribution in [0.25, 0.3) is 0 Å². The predicted octanol–water partition coefficient (Wildman–Crippen LogP) is 1.59. The van der Waals surface area contributed by atoms with Crippen LogP contribution in [0.2, 0.25) is 5.02 Å². The second-order valence-corrected chi connectivity index (χ2v) is 5.04. The first-order valence-electron chi connectivity index (χ1n) is 6.08. The number of nitrogen functional groups attached to an aromatic ring is 1. The normalized spacial score (nSPS) is 16.9. The van der Waals surface area contributed by atoms with Gasteiger partial charge in [-0.3, -0.25) is 9.69 Å². The number of hydrogen-bond donors (Lipinski definition) is 1. The van der Waals surface area contributed by atoms with Gasteiger partial charge in [0.25, 0.3) is 0 Å². The number of carbonyl (C=O) groups excluding carboxylic acids is 1. The van der Waals surface area contributed by atoms with Crippen LogP contribution in [-0.2, 0) is 11.3 Å². The van der Waals surface area contributed by atoms with E-state index in [1.165, 1.54) is 0 Å². The average molecular weight is 268 g/mol. The smallest absolute Gasteiger partial charge is 0.219 e. The molecule has 0 aliphatic carbocycles. The first-order valence-corrected chi connectivity index (χ1v) is 6.46. The van der Waals surface area contributed by atoms with E-state index in [4.69, 9.17) is 17.3 Å². The van der Waals surface area contributed by atoms with E-state index < -0.39 is 0 Å². The van der Waals surface area contributed by atoms with Gasteiger partial charge < -0.3 is 10.6 Å². The van der Waals surface area contributed by atoms with Crippen LogP contribution in [0.1, 0.15) is 12.5 Å². The Morgan fingerprint density at radius 1 is 1.33 bits per heavy atom. The number of nitrogens with two attached hydrogens (primary N) is 1. The van der Waals surface area contributed by atoms with E-state index in [9.17, 15) is 4.79 Å². The Morgan fingerprint density at radius 2 is 2.00 bits per heavy atom. The molecule has 4 nitrogen and oxygen atoms in total. The zero-order chi connectivity index (χ0) is 13.1. The molecular weight excluding hydrogens is 250 g/mol. The topological polar surface area (TPSA) is 49.6 Å². The highest BCUT2D eigenvalue weighted by molar-refractivity contribution is 6.31. The van der Waals surface area contributed by atoms with E-state index in [0.717, 1.165) is 49.0 Å². The minimum atomic E-state index is 0.150. The molecule has 0 unspecified atom stereocenters. The third-order valence-electron chi connectivity index (χ3n) is 3.28. The molecule has 0 bridgehead atoms. The van der Waals surface area contributed by atoms with Gasteiger partial charge in [0.15, 0.2) is 0 Å². The number of amides is 1. The van der Waals surface area contributed by atoms with Crippen molar-refractivity contribution >= 4 is 23.2 Å². The minimum Gasteiger partial charge on any atom is -0.399 e. The van der Waals surface area contributed by atoms with E-state index in [1.807, 2.05) is 17.0 Å². The maximum atomic E-state index is 11.2. The second-order valence-electron chi connectivity index (χ2n) is 4.63. The van der Waals surface area contributed by atoms with Crippen molar-refractivity contribution in [1.82, 2.24) is 9.80 Å². The number of anilines is 1. The summed E-state index contributed by atoms with van der Waals surface area (Å²) in [5, 5.41) is 0.748. The Balaban J connectivity index is 1.95. The molecule has 0 aromatic heterocycles. The van der Waals surface area contributed by atoms with Crippen LogP contribution in [0.5, 0.6) is 0 Å². The van der Waals surface area contributed by atoms with E-state index in [1.54, 1.807) is 13.0 Å². The van der Waals surface area contributed by atoms with Crippen LogP contribution in [0, 0.1) is 0 Å². The summed E-state index contributed by atoms with van der Waals surface area (Å²) in [4.78, 5) is 15.4. The SMILES string of the molecule is CC(=O)N1CCN(Cc2cc(N)ccc2Cl)CC1. The molecule has 0 saturated carbocycles. The maximum Gasteiger partial charge on any atom is 0.219 e. The molecule has 5 heteroatoms. The van der Waals surface area contributed by atoms with E-state index in [-0.39, 0.29) is 5.91 Å². The summed E-state index contributed by atoms with van der Waals surface area (Å²) < 4.78 is 0. The van der Waals surface area contributed by atoms with Crippen molar-refractivity contribution in [2.75, 3.05) is 31.9 Å². The van der Waals surface area contributed by atoms with Crippen molar-refractivity contribution in [3.63, 3.8) is 0 Å². The van der Waals surface area contributed by atoms with Gasteiger partial charge in [-0.1, -0.05) is 11.6 Å². The molecule has 0 atom stereocenters. The highest BCUT2D eigenvalue weighted by Gasteiger charge is 2.19. The second kappa shape index (κ2) is 5.59. The number of rotatable bonds is 2. The first-order chi connectivity index (χ1) is 8.56. The van der Waals surface area contributed by atoms with Gasteiger partial charge in [-0.25, -0.2) is 0 Å². The molecule has 0 spiro atoms. The number of benzene rings is 1. The van der Waals surface area contributed by atoms with Gasteiger partial charge in [-0.15, -0.1) is 0 Å². The van der Waals surface area contributed by atoms with Gasteiger partial charge in [-0.2, -0.15) is 0 Å². The van der Waals surface area contributed by atoms with Crippen molar-refractivity contribution in [3.05, 3.63) is 28.8 Å². The van der Waals surface area contributed by atoms with Crippen molar-refractivity contribution in [3.8, 4) is 0 Å². The van der Waals surface area contributed by atoms with Crippen LogP contribution < -0.4 is 5.73 Å². The maximum absolute atomic E-state index is 11.2. The summed E-state index contributed by atoms with van der Waals surface area (Å²) in [6.45, 7) is 5.74. The Hall–Kier alpha value is -1.26. The van der Waals surface area contributed by atoms with Crippen molar-refractivity contribution in [2.24, 2.45) is 0 Å². The lowest BCUT2D eigenvalue weighted by Gasteiger charge is -2.34. The van der Waals surface area contributed by atoms with Gasteiger partial charge in [0, 0.05) is 50.4 Å². The highest BCUT2D eigenvalue weighted by Crippen LogP contribution is 2.21. The van der Waals surface area contributed by atoms with Crippen molar-refractivity contribution in [1.29, 1.82) is 0 Å². The van der Waals surface area contributed by atoms with Gasteiger partial charge in [0.1, 0.15) is 0 Å². The van der Waals surface area contributed by atoms with Crippen LogP contribution in [0.4, 0.5) is 5.69 Å². The summed E-state index contributed by atoms with van der Waals surface area (Å²) in [5.74, 6) is 0.150. The monoisotopic (exact) mass is 267 g/mol. The molecule has 2 N–H and O–H groups in total. The Labute approximate surface area is 112 Å². The fourth-order valence-corrected chi connectivity index (χ4v) is 2.35. The number of piperazine rings is 1. The zero-order valence-corrected chi connectivity index (χ0v) is 11.3. The number of halogens is 1. The molecule has 1 heterocycles. The average Bonchev–Trinajstić information content (AvgIpc) is 2.34. The van der Waals surface area contributed by atoms with Gasteiger partial charge in [-0.05, 0) is 23.8 Å². The first kappa shape index (κ1) is 13.2. The molecule has 98 valence electrons. The molecule has 1 saturated heterocycles. The van der Waals surface area contributed by atoms with Gasteiger partial charge in [0.05, 0.1) is 0 Å². The molecular formula is C13H18ClN3O. The largest absolute Gasteiger partial charge is 0.399 e. The van der Waals surface area contributed by atoms with Gasteiger partial charge >= 0.3 is 0 Å². The number of carbonyl (C=O) groups is 1. The molecule has 18 heavy (non-hydrogen) atoms. The van der Waals surface area contributed by atoms with Crippen LogP contribution in [0.3, 0.4) is 0 Å². The minimum absolute atomic E-state index is 0.150. The Morgan fingerprint density at radius 3 is 2.61 bits per heavy atom. The number of nitrogens with zero attached hydrogens (tertiary/aromatic N) is 2. The number of hydrogen-bond acceptors (Lipinski definition) is 3. The third-order valence-corrected chi connectivity index (χ3v) is 3.65. The highest BCUT2D eigenvalue weighted by atomic mass is 35.5. The molecule has 1 amide bonds. The zero-order valence-electron chi connectivity index (χ0n) is 10.5.